The van der Waals surface area contributed by atoms with E-state index in [1.165, 1.54) is 0 Å². The lowest BCUT2D eigenvalue weighted by Gasteiger charge is -2.35. The summed E-state index contributed by atoms with van der Waals surface area (Å²) in [5.41, 5.74) is 0. The van der Waals surface area contributed by atoms with Gasteiger partial charge in [0.05, 0.1) is 19.3 Å². The number of aromatic nitrogens is 3. The summed E-state index contributed by atoms with van der Waals surface area (Å²) in [6.45, 7) is 6.91. The van der Waals surface area contributed by atoms with Crippen molar-refractivity contribution < 1.29 is 9.47 Å². The van der Waals surface area contributed by atoms with Crippen molar-refractivity contribution in [3.8, 4) is 0 Å². The van der Waals surface area contributed by atoms with Gasteiger partial charge in [-0.05, 0) is 19.3 Å². The fourth-order valence-electron chi connectivity index (χ4n) is 3.46. The van der Waals surface area contributed by atoms with Gasteiger partial charge in [-0.25, -0.2) is 0 Å². The van der Waals surface area contributed by atoms with E-state index >= 15 is 0 Å². The number of guanidine groups is 1. The zero-order valence-corrected chi connectivity index (χ0v) is 17.6. The molecule has 3 heterocycles. The third kappa shape index (κ3) is 5.04. The van der Waals surface area contributed by atoms with Crippen molar-refractivity contribution in [3.63, 3.8) is 0 Å². The minimum atomic E-state index is 0. The van der Waals surface area contributed by atoms with E-state index in [9.17, 15) is 0 Å². The van der Waals surface area contributed by atoms with Crippen molar-refractivity contribution in [2.24, 2.45) is 10.9 Å². The molecule has 142 valence electrons. The number of nitrogens with one attached hydrogen (secondary N) is 1. The Kier molecular flexibility index (Phi) is 7.88. The van der Waals surface area contributed by atoms with Gasteiger partial charge < -0.3 is 24.3 Å². The Morgan fingerprint density at radius 1 is 1.40 bits per heavy atom. The molecule has 2 unspecified atom stereocenters. The molecule has 1 N–H and O–H groups in total. The molecular weight excluding hydrogens is 435 g/mol. The summed E-state index contributed by atoms with van der Waals surface area (Å²) in [7, 11) is 3.55. The van der Waals surface area contributed by atoms with Gasteiger partial charge in [0.25, 0.3) is 0 Å². The highest BCUT2D eigenvalue weighted by Crippen LogP contribution is 2.19. The molecule has 8 nitrogen and oxygen atoms in total. The van der Waals surface area contributed by atoms with Gasteiger partial charge in [-0.1, -0.05) is 0 Å². The molecule has 0 aromatic carbocycles. The molecule has 0 saturated carbocycles. The average Bonchev–Trinajstić information content (AvgIpc) is 2.97. The van der Waals surface area contributed by atoms with E-state index in [-0.39, 0.29) is 30.1 Å². The van der Waals surface area contributed by atoms with Crippen LogP contribution in [0.3, 0.4) is 0 Å². The molecule has 0 amide bonds. The molecule has 1 aromatic heterocycles. The number of aryl methyl sites for hydroxylation is 2. The van der Waals surface area contributed by atoms with E-state index in [1.54, 1.807) is 7.11 Å². The number of halogens is 1. The quantitative estimate of drug-likeness (QED) is 0.402. The molecule has 25 heavy (non-hydrogen) atoms. The maximum absolute atomic E-state index is 5.71. The van der Waals surface area contributed by atoms with Gasteiger partial charge in [-0.3, -0.25) is 4.99 Å². The van der Waals surface area contributed by atoms with Gasteiger partial charge in [0.1, 0.15) is 11.6 Å². The molecule has 9 heteroatoms. The van der Waals surface area contributed by atoms with Crippen LogP contribution in [0.15, 0.2) is 4.99 Å². The fourth-order valence-corrected chi connectivity index (χ4v) is 3.46. The van der Waals surface area contributed by atoms with E-state index < -0.39 is 0 Å². The van der Waals surface area contributed by atoms with Gasteiger partial charge >= 0.3 is 0 Å². The van der Waals surface area contributed by atoms with Crippen LogP contribution in [0.2, 0.25) is 0 Å². The highest BCUT2D eigenvalue weighted by atomic mass is 127. The van der Waals surface area contributed by atoms with Gasteiger partial charge in [-0.2, -0.15) is 0 Å². The van der Waals surface area contributed by atoms with Crippen molar-refractivity contribution >= 4 is 29.9 Å². The van der Waals surface area contributed by atoms with Gasteiger partial charge in [-0.15, -0.1) is 34.2 Å². The molecule has 2 aliphatic rings. The van der Waals surface area contributed by atoms with Crippen LogP contribution in [0.5, 0.6) is 0 Å². The summed E-state index contributed by atoms with van der Waals surface area (Å²) in [5, 5.41) is 12.0. The lowest BCUT2D eigenvalue weighted by atomic mass is 9.99. The summed E-state index contributed by atoms with van der Waals surface area (Å²) in [4.78, 5) is 6.70. The Bertz CT molecular complexity index is 577. The Labute approximate surface area is 166 Å². The lowest BCUT2D eigenvalue weighted by Crippen LogP contribution is -2.52. The van der Waals surface area contributed by atoms with Crippen LogP contribution in [0, 0.1) is 12.8 Å². The van der Waals surface area contributed by atoms with E-state index in [2.05, 4.69) is 30.0 Å². The first kappa shape index (κ1) is 20.4. The largest absolute Gasteiger partial charge is 0.382 e. The first-order chi connectivity index (χ1) is 11.7. The minimum Gasteiger partial charge on any atom is -0.382 e. The van der Waals surface area contributed by atoms with Crippen LogP contribution in [0.25, 0.3) is 0 Å². The number of fused-ring (bicyclic) bond motifs is 1. The van der Waals surface area contributed by atoms with Crippen LogP contribution in [-0.4, -0.2) is 78.7 Å². The first-order valence-electron chi connectivity index (χ1n) is 8.66. The summed E-state index contributed by atoms with van der Waals surface area (Å²) in [6.07, 6.45) is 2.25. The van der Waals surface area contributed by atoms with Crippen LogP contribution in [0.4, 0.5) is 0 Å². The molecule has 1 fully saturated rings. The van der Waals surface area contributed by atoms with Crippen LogP contribution in [-0.2, 0) is 22.4 Å². The smallest absolute Gasteiger partial charge is 0.193 e. The highest BCUT2D eigenvalue weighted by Gasteiger charge is 2.25. The second-order valence-electron chi connectivity index (χ2n) is 6.50. The molecule has 1 aromatic rings. The Morgan fingerprint density at radius 2 is 2.24 bits per heavy atom. The van der Waals surface area contributed by atoms with Crippen molar-refractivity contribution in [2.75, 3.05) is 47.0 Å². The lowest BCUT2D eigenvalue weighted by molar-refractivity contribution is -0.0447. The molecule has 0 aliphatic carbocycles. The van der Waals surface area contributed by atoms with E-state index in [0.29, 0.717) is 19.1 Å². The zero-order valence-electron chi connectivity index (χ0n) is 15.3. The number of nitrogens with zero attached hydrogens (tertiary/aromatic N) is 5. The molecule has 0 radical (unpaired) electrons. The molecule has 2 atom stereocenters. The second-order valence-corrected chi connectivity index (χ2v) is 6.50. The maximum Gasteiger partial charge on any atom is 0.193 e. The number of hydrogen-bond donors (Lipinski definition) is 1. The number of ether oxygens (including phenoxy) is 2. The number of methoxy groups -OCH3 is 1. The average molecular weight is 464 g/mol. The van der Waals surface area contributed by atoms with Crippen LogP contribution in [0.1, 0.15) is 18.1 Å². The Morgan fingerprint density at radius 3 is 3.00 bits per heavy atom. The molecule has 1 saturated heterocycles. The van der Waals surface area contributed by atoms with E-state index in [0.717, 1.165) is 56.6 Å². The van der Waals surface area contributed by atoms with Gasteiger partial charge in [0.15, 0.2) is 5.96 Å². The minimum absolute atomic E-state index is 0. The fraction of sp³-hybridized carbons (Fsp3) is 0.812. The highest BCUT2D eigenvalue weighted by molar-refractivity contribution is 14.0. The van der Waals surface area contributed by atoms with Crippen molar-refractivity contribution in [2.45, 2.75) is 32.4 Å². The predicted octanol–water partition coefficient (Wildman–Crippen LogP) is 0.690. The number of morpholine rings is 1. The van der Waals surface area contributed by atoms with Crippen molar-refractivity contribution in [1.82, 2.24) is 25.0 Å². The van der Waals surface area contributed by atoms with E-state index in [4.69, 9.17) is 9.47 Å². The standard InChI is InChI=1S/C16H28N6O2.HI/c1-12-19-20-15-5-4-13(9-22(12)15)8-18-16(17-2)21-6-7-24-14(10-21)11-23-3;/h13-14H,4-11H2,1-3H3,(H,17,18);1H. The molecule has 2 aliphatic heterocycles. The summed E-state index contributed by atoms with van der Waals surface area (Å²) >= 11 is 0. The molecule has 0 spiro atoms. The Balaban J connectivity index is 0.00000225. The van der Waals surface area contributed by atoms with Gasteiger partial charge in [0.2, 0.25) is 0 Å². The summed E-state index contributed by atoms with van der Waals surface area (Å²) in [6, 6.07) is 0. The number of aliphatic imine (C=N–C) groups is 1. The van der Waals surface area contributed by atoms with Crippen LogP contribution >= 0.6 is 24.0 Å². The maximum atomic E-state index is 5.71. The monoisotopic (exact) mass is 464 g/mol. The third-order valence-electron chi connectivity index (χ3n) is 4.78. The zero-order chi connectivity index (χ0) is 16.9. The number of rotatable bonds is 4. The number of hydrogen-bond acceptors (Lipinski definition) is 5. The van der Waals surface area contributed by atoms with Crippen molar-refractivity contribution in [1.29, 1.82) is 0 Å². The molecular formula is C16H29IN6O2. The normalized spacial score (nSPS) is 23.8. The van der Waals surface area contributed by atoms with Crippen LogP contribution < -0.4 is 5.32 Å². The van der Waals surface area contributed by atoms with E-state index in [1.807, 2.05) is 14.0 Å². The topological polar surface area (TPSA) is 76.8 Å². The summed E-state index contributed by atoms with van der Waals surface area (Å²) < 4.78 is 13.2. The Hall–Kier alpha value is -0.940. The van der Waals surface area contributed by atoms with Crippen molar-refractivity contribution in [3.05, 3.63) is 11.6 Å². The predicted molar refractivity (Wildman–Crippen MR) is 107 cm³/mol. The first-order valence-corrected chi connectivity index (χ1v) is 8.66. The summed E-state index contributed by atoms with van der Waals surface area (Å²) in [5.74, 6) is 3.64. The second kappa shape index (κ2) is 9.67. The third-order valence-corrected chi connectivity index (χ3v) is 4.78. The SMILES string of the molecule is CN=C(NCC1CCc2nnc(C)n2C1)N1CCOC(COC)C1.I. The van der Waals surface area contributed by atoms with Gasteiger partial charge in [0, 0.05) is 46.8 Å². The molecule has 0 bridgehead atoms. The molecule has 3 rings (SSSR count).